The standard InChI is InChI=1S/C26H43N3O5/c1-10-12-18(5)27-23(31)22(20-14-11-13-17(4)19(20)6)29(16(2)3)24(32)21(15-30)28-25(33)34-26(7,8)9/h11,13-14,16,18,21-22,30H,10,12,15H2,1-9H3,(H,27,31)(H,28,33). The van der Waals surface area contributed by atoms with Crippen LogP contribution in [0.2, 0.25) is 0 Å². The molecule has 3 unspecified atom stereocenters. The lowest BCUT2D eigenvalue weighted by Crippen LogP contribution is -2.56. The molecule has 1 aromatic carbocycles. The Labute approximate surface area is 204 Å². The largest absolute Gasteiger partial charge is 0.444 e. The minimum atomic E-state index is -1.26. The smallest absolute Gasteiger partial charge is 0.408 e. The normalized spacial score (nSPS) is 14.2. The highest BCUT2D eigenvalue weighted by Gasteiger charge is 2.38. The van der Waals surface area contributed by atoms with E-state index in [4.69, 9.17) is 4.74 Å². The van der Waals surface area contributed by atoms with Gasteiger partial charge in [-0.15, -0.1) is 0 Å². The molecule has 0 bridgehead atoms. The van der Waals surface area contributed by atoms with Crippen LogP contribution in [0, 0.1) is 13.8 Å². The van der Waals surface area contributed by atoms with E-state index in [-0.39, 0.29) is 18.0 Å². The molecule has 0 aliphatic heterocycles. The Morgan fingerprint density at radius 2 is 1.71 bits per heavy atom. The number of aliphatic hydroxyl groups excluding tert-OH is 1. The summed E-state index contributed by atoms with van der Waals surface area (Å²) in [4.78, 5) is 41.0. The van der Waals surface area contributed by atoms with Gasteiger partial charge in [-0.3, -0.25) is 9.59 Å². The number of aliphatic hydroxyl groups is 1. The highest BCUT2D eigenvalue weighted by atomic mass is 16.6. The Kier molecular flexibility index (Phi) is 11.0. The van der Waals surface area contributed by atoms with Crippen molar-refractivity contribution in [2.75, 3.05) is 6.61 Å². The number of rotatable bonds is 10. The van der Waals surface area contributed by atoms with Crippen LogP contribution in [0.4, 0.5) is 4.79 Å². The summed E-state index contributed by atoms with van der Waals surface area (Å²) in [7, 11) is 0. The molecule has 0 aromatic heterocycles. The first-order valence-corrected chi connectivity index (χ1v) is 12.0. The molecule has 0 saturated heterocycles. The predicted molar refractivity (Wildman–Crippen MR) is 133 cm³/mol. The number of hydrogen-bond acceptors (Lipinski definition) is 5. The number of ether oxygens (including phenoxy) is 1. The molecule has 0 spiro atoms. The summed E-state index contributed by atoms with van der Waals surface area (Å²) in [6, 6.07) is 3.01. The molecule has 3 atom stereocenters. The number of amides is 3. The molecule has 192 valence electrons. The van der Waals surface area contributed by atoms with Gasteiger partial charge in [0.1, 0.15) is 17.7 Å². The monoisotopic (exact) mass is 477 g/mol. The van der Waals surface area contributed by atoms with Gasteiger partial charge >= 0.3 is 6.09 Å². The average molecular weight is 478 g/mol. The van der Waals surface area contributed by atoms with Gasteiger partial charge in [0, 0.05) is 12.1 Å². The summed E-state index contributed by atoms with van der Waals surface area (Å²) in [5, 5.41) is 15.5. The van der Waals surface area contributed by atoms with Crippen LogP contribution in [0.1, 0.15) is 84.0 Å². The van der Waals surface area contributed by atoms with Gasteiger partial charge in [-0.25, -0.2) is 4.79 Å². The zero-order valence-corrected chi connectivity index (χ0v) is 22.2. The van der Waals surface area contributed by atoms with Crippen LogP contribution in [-0.2, 0) is 14.3 Å². The van der Waals surface area contributed by atoms with Crippen molar-refractivity contribution in [2.24, 2.45) is 0 Å². The summed E-state index contributed by atoms with van der Waals surface area (Å²) in [6.45, 7) is 16.0. The van der Waals surface area contributed by atoms with Gasteiger partial charge < -0.3 is 25.4 Å². The fraction of sp³-hybridized carbons (Fsp3) is 0.654. The molecule has 1 rings (SSSR count). The number of carbonyl (C=O) groups excluding carboxylic acids is 3. The highest BCUT2D eigenvalue weighted by Crippen LogP contribution is 2.29. The molecular formula is C26H43N3O5. The fourth-order valence-corrected chi connectivity index (χ4v) is 3.81. The SMILES string of the molecule is CCCC(C)NC(=O)C(c1cccc(C)c1C)N(C(=O)C(CO)NC(=O)OC(C)(C)C)C(C)C. The second-order valence-corrected chi connectivity index (χ2v) is 10.1. The van der Waals surface area contributed by atoms with E-state index in [1.165, 1.54) is 4.90 Å². The Hall–Kier alpha value is -2.61. The number of carbonyl (C=O) groups is 3. The third-order valence-electron chi connectivity index (χ3n) is 5.56. The van der Waals surface area contributed by atoms with Gasteiger partial charge in [-0.2, -0.15) is 0 Å². The van der Waals surface area contributed by atoms with E-state index >= 15 is 0 Å². The molecule has 0 saturated carbocycles. The molecule has 0 aliphatic rings. The first kappa shape index (κ1) is 29.4. The Balaban J connectivity index is 3.45. The second-order valence-electron chi connectivity index (χ2n) is 10.1. The van der Waals surface area contributed by atoms with Crippen LogP contribution in [0.5, 0.6) is 0 Å². The number of nitrogens with one attached hydrogen (secondary N) is 2. The third-order valence-corrected chi connectivity index (χ3v) is 5.56. The van der Waals surface area contributed by atoms with Crippen LogP contribution < -0.4 is 10.6 Å². The first-order valence-electron chi connectivity index (χ1n) is 12.0. The number of benzene rings is 1. The van der Waals surface area contributed by atoms with E-state index in [9.17, 15) is 19.5 Å². The quantitative estimate of drug-likeness (QED) is 0.475. The minimum Gasteiger partial charge on any atom is -0.444 e. The van der Waals surface area contributed by atoms with E-state index in [1.54, 1.807) is 34.6 Å². The maximum absolute atomic E-state index is 13.7. The topological polar surface area (TPSA) is 108 Å². The van der Waals surface area contributed by atoms with Gasteiger partial charge in [0.05, 0.1) is 6.61 Å². The molecule has 3 N–H and O–H groups in total. The molecule has 1 aromatic rings. The van der Waals surface area contributed by atoms with Crippen molar-refractivity contribution >= 4 is 17.9 Å². The summed E-state index contributed by atoms with van der Waals surface area (Å²) in [5.74, 6) is -0.863. The van der Waals surface area contributed by atoms with E-state index in [2.05, 4.69) is 10.6 Å². The summed E-state index contributed by atoms with van der Waals surface area (Å²) in [6.07, 6.45) is 0.905. The van der Waals surface area contributed by atoms with E-state index in [1.807, 2.05) is 45.9 Å². The maximum atomic E-state index is 13.7. The third kappa shape index (κ3) is 8.31. The number of alkyl carbamates (subject to hydrolysis) is 1. The van der Waals surface area contributed by atoms with E-state index < -0.39 is 36.3 Å². The van der Waals surface area contributed by atoms with Crippen molar-refractivity contribution in [1.29, 1.82) is 0 Å². The summed E-state index contributed by atoms with van der Waals surface area (Å²) in [5.41, 5.74) is 1.85. The van der Waals surface area contributed by atoms with Crippen molar-refractivity contribution in [2.45, 2.75) is 105 Å². The molecule has 0 aliphatic carbocycles. The summed E-state index contributed by atoms with van der Waals surface area (Å²) < 4.78 is 5.26. The molecule has 0 fully saturated rings. The summed E-state index contributed by atoms with van der Waals surface area (Å²) >= 11 is 0. The van der Waals surface area contributed by atoms with Crippen molar-refractivity contribution in [3.63, 3.8) is 0 Å². The molecule has 8 heteroatoms. The predicted octanol–water partition coefficient (Wildman–Crippen LogP) is 3.77. The lowest BCUT2D eigenvalue weighted by Gasteiger charge is -2.38. The minimum absolute atomic E-state index is 0.0669. The van der Waals surface area contributed by atoms with Crippen LogP contribution in [0.25, 0.3) is 0 Å². The van der Waals surface area contributed by atoms with Crippen LogP contribution in [0.15, 0.2) is 18.2 Å². The zero-order chi connectivity index (χ0) is 26.2. The zero-order valence-electron chi connectivity index (χ0n) is 22.2. The second kappa shape index (κ2) is 12.7. The average Bonchev–Trinajstić information content (AvgIpc) is 2.70. The Morgan fingerprint density at radius 3 is 2.21 bits per heavy atom. The van der Waals surface area contributed by atoms with Crippen molar-refractivity contribution in [3.8, 4) is 0 Å². The first-order chi connectivity index (χ1) is 15.7. The molecule has 34 heavy (non-hydrogen) atoms. The highest BCUT2D eigenvalue weighted by molar-refractivity contribution is 5.92. The Bertz CT molecular complexity index is 847. The molecule has 0 heterocycles. The van der Waals surface area contributed by atoms with Gasteiger partial charge in [-0.1, -0.05) is 31.5 Å². The Morgan fingerprint density at radius 1 is 1.09 bits per heavy atom. The van der Waals surface area contributed by atoms with Gasteiger partial charge in [0.15, 0.2) is 0 Å². The molecule has 0 radical (unpaired) electrons. The number of hydrogen-bond donors (Lipinski definition) is 3. The van der Waals surface area contributed by atoms with Crippen molar-refractivity contribution in [1.82, 2.24) is 15.5 Å². The molecule has 8 nitrogen and oxygen atoms in total. The number of aryl methyl sites for hydroxylation is 1. The maximum Gasteiger partial charge on any atom is 0.408 e. The van der Waals surface area contributed by atoms with Gasteiger partial charge in [0.25, 0.3) is 0 Å². The van der Waals surface area contributed by atoms with Crippen LogP contribution in [-0.4, -0.2) is 58.2 Å². The lowest BCUT2D eigenvalue weighted by molar-refractivity contribution is -0.145. The fourth-order valence-electron chi connectivity index (χ4n) is 3.81. The van der Waals surface area contributed by atoms with E-state index in [0.29, 0.717) is 5.56 Å². The lowest BCUT2D eigenvalue weighted by atomic mass is 9.94. The van der Waals surface area contributed by atoms with Crippen molar-refractivity contribution < 1.29 is 24.2 Å². The van der Waals surface area contributed by atoms with Gasteiger partial charge in [0.2, 0.25) is 11.8 Å². The molecule has 3 amide bonds. The molecular weight excluding hydrogens is 434 g/mol. The van der Waals surface area contributed by atoms with E-state index in [0.717, 1.165) is 24.0 Å². The number of nitrogens with zero attached hydrogens (tertiary/aromatic N) is 1. The van der Waals surface area contributed by atoms with Crippen LogP contribution >= 0.6 is 0 Å². The van der Waals surface area contributed by atoms with Gasteiger partial charge in [-0.05, 0) is 78.5 Å². The van der Waals surface area contributed by atoms with Crippen LogP contribution in [0.3, 0.4) is 0 Å². The van der Waals surface area contributed by atoms with Crippen molar-refractivity contribution in [3.05, 3.63) is 34.9 Å².